The Morgan fingerprint density at radius 1 is 0.867 bits per heavy atom. The number of hydrogen-bond acceptors (Lipinski definition) is 6. The molecule has 0 aliphatic heterocycles. The van der Waals surface area contributed by atoms with E-state index >= 15 is 0 Å². The summed E-state index contributed by atoms with van der Waals surface area (Å²) in [5.74, 6) is 0. The van der Waals surface area contributed by atoms with Gasteiger partial charge in [0.2, 0.25) is 9.84 Å². The lowest BCUT2D eigenvalue weighted by Gasteiger charge is -1.99. The van der Waals surface area contributed by atoms with E-state index in [1.807, 2.05) is 0 Å². The normalized spacial score (nSPS) is 11.2. The van der Waals surface area contributed by atoms with Gasteiger partial charge in [0.25, 0.3) is 0 Å². The molecule has 0 saturated heterocycles. The summed E-state index contributed by atoms with van der Waals surface area (Å²) in [6.45, 7) is 0. The third-order valence-electron chi connectivity index (χ3n) is 1.65. The maximum absolute atomic E-state index is 11.8. The molecule has 7 heteroatoms. The highest BCUT2D eigenvalue weighted by Crippen LogP contribution is 2.13. The predicted molar refractivity (Wildman–Crippen MR) is 49.5 cm³/mol. The van der Waals surface area contributed by atoms with Gasteiger partial charge in [0, 0.05) is 12.4 Å². The first-order chi connectivity index (χ1) is 7.21. The number of hydrogen-bond donors (Lipinski definition) is 0. The molecule has 0 aliphatic carbocycles. The fourth-order valence-electron chi connectivity index (χ4n) is 0.969. The van der Waals surface area contributed by atoms with Crippen LogP contribution in [-0.2, 0) is 9.84 Å². The second kappa shape index (κ2) is 3.70. The SMILES string of the molecule is O=S(=O)(c1cccnn1)c1cccnn1. The number of sulfone groups is 1. The van der Waals surface area contributed by atoms with Crippen molar-refractivity contribution in [3.8, 4) is 0 Å². The predicted octanol–water partition coefficient (Wildman–Crippen LogP) is 0.0994. The van der Waals surface area contributed by atoms with Crippen molar-refractivity contribution in [2.24, 2.45) is 0 Å². The molecule has 2 aromatic rings. The Kier molecular flexibility index (Phi) is 2.38. The van der Waals surface area contributed by atoms with Crippen LogP contribution < -0.4 is 0 Å². The highest BCUT2D eigenvalue weighted by Gasteiger charge is 2.20. The maximum atomic E-state index is 11.8. The minimum absolute atomic E-state index is 0.134. The molecule has 6 nitrogen and oxygen atoms in total. The van der Waals surface area contributed by atoms with E-state index in [2.05, 4.69) is 20.4 Å². The lowest BCUT2D eigenvalue weighted by molar-refractivity contribution is 0.584. The van der Waals surface area contributed by atoms with Crippen LogP contribution in [0, 0.1) is 0 Å². The number of nitrogens with zero attached hydrogens (tertiary/aromatic N) is 4. The van der Waals surface area contributed by atoms with Crippen LogP contribution in [0.3, 0.4) is 0 Å². The highest BCUT2D eigenvalue weighted by molar-refractivity contribution is 7.91. The van der Waals surface area contributed by atoms with Crippen LogP contribution in [0.25, 0.3) is 0 Å². The molecule has 0 amide bonds. The lowest BCUT2D eigenvalue weighted by atomic mass is 10.6. The minimum Gasteiger partial charge on any atom is -0.215 e. The Hall–Kier alpha value is -1.89. The van der Waals surface area contributed by atoms with E-state index in [1.165, 1.54) is 36.7 Å². The first-order valence-electron chi connectivity index (χ1n) is 4.02. The van der Waals surface area contributed by atoms with Gasteiger partial charge in [-0.1, -0.05) is 0 Å². The van der Waals surface area contributed by atoms with Crippen molar-refractivity contribution in [1.29, 1.82) is 0 Å². The molecule has 0 fully saturated rings. The quantitative estimate of drug-likeness (QED) is 0.716. The van der Waals surface area contributed by atoms with Gasteiger partial charge in [0.1, 0.15) is 0 Å². The molecule has 0 aliphatic rings. The third kappa shape index (κ3) is 1.82. The molecule has 0 aromatic carbocycles. The lowest BCUT2D eigenvalue weighted by Crippen LogP contribution is -2.07. The smallest absolute Gasteiger partial charge is 0.215 e. The van der Waals surface area contributed by atoms with Gasteiger partial charge in [-0.15, -0.1) is 10.2 Å². The van der Waals surface area contributed by atoms with Crippen LogP contribution in [0.4, 0.5) is 0 Å². The first-order valence-corrected chi connectivity index (χ1v) is 5.50. The molecular formula is C8H6N4O2S. The molecule has 2 aromatic heterocycles. The van der Waals surface area contributed by atoms with Crippen molar-refractivity contribution in [2.45, 2.75) is 10.1 Å². The van der Waals surface area contributed by atoms with Crippen molar-refractivity contribution in [3.63, 3.8) is 0 Å². The molecule has 0 saturated carbocycles. The Morgan fingerprint density at radius 3 is 1.67 bits per heavy atom. The zero-order valence-electron chi connectivity index (χ0n) is 7.48. The standard InChI is InChI=1S/C8H6N4O2S/c13-15(14,7-3-1-5-9-11-7)8-4-2-6-10-12-8/h1-6H. The Balaban J connectivity index is 2.55. The van der Waals surface area contributed by atoms with E-state index in [-0.39, 0.29) is 10.1 Å². The molecule has 0 atom stereocenters. The van der Waals surface area contributed by atoms with Crippen LogP contribution in [0.5, 0.6) is 0 Å². The van der Waals surface area contributed by atoms with E-state index in [0.29, 0.717) is 0 Å². The fraction of sp³-hybridized carbons (Fsp3) is 0. The van der Waals surface area contributed by atoms with Crippen molar-refractivity contribution in [1.82, 2.24) is 20.4 Å². The molecule has 76 valence electrons. The van der Waals surface area contributed by atoms with Crippen molar-refractivity contribution >= 4 is 9.84 Å². The highest BCUT2D eigenvalue weighted by atomic mass is 32.2. The second-order valence-corrected chi connectivity index (χ2v) is 4.47. The maximum Gasteiger partial charge on any atom is 0.244 e. The van der Waals surface area contributed by atoms with Crippen LogP contribution in [0.15, 0.2) is 46.7 Å². The molecule has 2 heterocycles. The fourth-order valence-corrected chi connectivity index (χ4v) is 2.01. The summed E-state index contributed by atoms with van der Waals surface area (Å²) < 4.78 is 23.7. The largest absolute Gasteiger partial charge is 0.244 e. The molecule has 15 heavy (non-hydrogen) atoms. The zero-order chi connectivity index (χ0) is 10.7. The second-order valence-electron chi connectivity index (χ2n) is 2.63. The van der Waals surface area contributed by atoms with E-state index in [4.69, 9.17) is 0 Å². The average Bonchev–Trinajstić information content (AvgIpc) is 2.31. The summed E-state index contributed by atoms with van der Waals surface area (Å²) in [6, 6.07) is 5.71. The van der Waals surface area contributed by atoms with Crippen LogP contribution >= 0.6 is 0 Å². The molecule has 0 N–H and O–H groups in total. The van der Waals surface area contributed by atoms with Gasteiger partial charge in [-0.3, -0.25) is 0 Å². The van der Waals surface area contributed by atoms with Crippen molar-refractivity contribution < 1.29 is 8.42 Å². The van der Waals surface area contributed by atoms with Gasteiger partial charge in [0.15, 0.2) is 10.1 Å². The summed E-state index contributed by atoms with van der Waals surface area (Å²) in [7, 11) is -3.69. The Morgan fingerprint density at radius 2 is 1.33 bits per heavy atom. The summed E-state index contributed by atoms with van der Waals surface area (Å²) in [6.07, 6.45) is 2.80. The Bertz CT molecular complexity index is 496. The van der Waals surface area contributed by atoms with E-state index in [9.17, 15) is 8.42 Å². The first kappa shape index (κ1) is 9.66. The molecule has 0 radical (unpaired) electrons. The molecule has 0 bridgehead atoms. The number of aromatic nitrogens is 4. The summed E-state index contributed by atoms with van der Waals surface area (Å²) in [5, 5.41) is 13.8. The monoisotopic (exact) mass is 222 g/mol. The molecule has 0 spiro atoms. The average molecular weight is 222 g/mol. The minimum atomic E-state index is -3.69. The van der Waals surface area contributed by atoms with Crippen LogP contribution in [0.1, 0.15) is 0 Å². The van der Waals surface area contributed by atoms with E-state index in [1.54, 1.807) is 0 Å². The van der Waals surface area contributed by atoms with Crippen LogP contribution in [-0.4, -0.2) is 28.8 Å². The number of rotatable bonds is 2. The van der Waals surface area contributed by atoms with Gasteiger partial charge in [-0.25, -0.2) is 8.42 Å². The molecule has 2 rings (SSSR count). The topological polar surface area (TPSA) is 85.7 Å². The molecule has 0 unspecified atom stereocenters. The van der Waals surface area contributed by atoms with Gasteiger partial charge >= 0.3 is 0 Å². The van der Waals surface area contributed by atoms with Gasteiger partial charge < -0.3 is 0 Å². The van der Waals surface area contributed by atoms with Crippen molar-refractivity contribution in [3.05, 3.63) is 36.7 Å². The van der Waals surface area contributed by atoms with Gasteiger partial charge in [0.05, 0.1) is 0 Å². The van der Waals surface area contributed by atoms with E-state index in [0.717, 1.165) is 0 Å². The molecular weight excluding hydrogens is 216 g/mol. The van der Waals surface area contributed by atoms with Gasteiger partial charge in [-0.2, -0.15) is 10.2 Å². The zero-order valence-corrected chi connectivity index (χ0v) is 8.29. The van der Waals surface area contributed by atoms with E-state index < -0.39 is 9.84 Å². The Labute approximate surface area is 85.9 Å². The third-order valence-corrected chi connectivity index (χ3v) is 3.18. The van der Waals surface area contributed by atoms with Crippen LogP contribution in [0.2, 0.25) is 0 Å². The van der Waals surface area contributed by atoms with Gasteiger partial charge in [-0.05, 0) is 24.3 Å². The summed E-state index contributed by atoms with van der Waals surface area (Å²) >= 11 is 0. The van der Waals surface area contributed by atoms with Crippen molar-refractivity contribution in [2.75, 3.05) is 0 Å². The summed E-state index contributed by atoms with van der Waals surface area (Å²) in [5.41, 5.74) is 0. The summed E-state index contributed by atoms with van der Waals surface area (Å²) in [4.78, 5) is 0.